The molecule has 1 saturated carbocycles. The molecule has 0 aliphatic heterocycles. The number of amides is 2. The molecule has 0 saturated heterocycles. The highest BCUT2D eigenvalue weighted by Crippen LogP contribution is 2.44. The van der Waals surface area contributed by atoms with Crippen LogP contribution in [-0.4, -0.2) is 33.2 Å². The Morgan fingerprint density at radius 1 is 1.00 bits per heavy atom. The van der Waals surface area contributed by atoms with Crippen molar-refractivity contribution in [1.82, 2.24) is 20.4 Å². The van der Waals surface area contributed by atoms with Crippen molar-refractivity contribution < 1.29 is 9.59 Å². The van der Waals surface area contributed by atoms with Crippen molar-refractivity contribution in [3.8, 4) is 0 Å². The lowest BCUT2D eigenvalue weighted by atomic mass is 10.0. The molecule has 2 aromatic rings. The van der Waals surface area contributed by atoms with E-state index in [0.717, 1.165) is 30.0 Å². The molecule has 1 aliphatic rings. The molecular weight excluding hydrogens is 304 g/mol. The maximum Gasteiger partial charge on any atom is 0.213 e. The molecule has 114 valence electrons. The lowest BCUT2D eigenvalue weighted by Crippen LogP contribution is -2.03. The summed E-state index contributed by atoms with van der Waals surface area (Å²) in [4.78, 5) is 20.7. The molecular formula is C13H14N6O2S. The van der Waals surface area contributed by atoms with E-state index in [0.29, 0.717) is 35.6 Å². The molecule has 2 aromatic heterocycles. The first-order valence-electron chi connectivity index (χ1n) is 6.87. The fraction of sp³-hybridized carbons (Fsp3) is 0.385. The van der Waals surface area contributed by atoms with Gasteiger partial charge < -0.3 is 10.6 Å². The second-order valence-corrected chi connectivity index (χ2v) is 6.03. The quantitative estimate of drug-likeness (QED) is 0.781. The highest BCUT2D eigenvalue weighted by atomic mass is 32.1. The largest absolute Gasteiger partial charge is 0.312 e. The maximum absolute atomic E-state index is 10.4. The average molecular weight is 318 g/mol. The molecule has 2 amide bonds. The molecule has 0 bridgehead atoms. The topological polar surface area (TPSA) is 110 Å². The van der Waals surface area contributed by atoms with Crippen molar-refractivity contribution >= 4 is 35.1 Å². The zero-order valence-corrected chi connectivity index (χ0v) is 12.4. The number of aromatic nitrogens is 4. The summed E-state index contributed by atoms with van der Waals surface area (Å²) in [5, 5.41) is 22.7. The van der Waals surface area contributed by atoms with E-state index < -0.39 is 0 Å². The zero-order chi connectivity index (χ0) is 15.4. The van der Waals surface area contributed by atoms with Crippen LogP contribution in [0.15, 0.2) is 12.1 Å². The number of carbonyl (C=O) groups is 2. The van der Waals surface area contributed by atoms with E-state index in [-0.39, 0.29) is 0 Å². The smallest absolute Gasteiger partial charge is 0.213 e. The number of anilines is 2. The lowest BCUT2D eigenvalue weighted by Gasteiger charge is -2.08. The van der Waals surface area contributed by atoms with Gasteiger partial charge in [-0.1, -0.05) is 11.3 Å². The molecule has 8 nitrogen and oxygen atoms in total. The number of nitrogens with zero attached hydrogens (tertiary/aromatic N) is 4. The van der Waals surface area contributed by atoms with Crippen molar-refractivity contribution in [2.24, 2.45) is 0 Å². The molecule has 1 aliphatic carbocycles. The van der Waals surface area contributed by atoms with Crippen molar-refractivity contribution in [1.29, 1.82) is 0 Å². The van der Waals surface area contributed by atoms with Crippen LogP contribution in [0.1, 0.15) is 41.8 Å². The maximum atomic E-state index is 10.4. The Balaban J connectivity index is 1.65. The van der Waals surface area contributed by atoms with E-state index in [2.05, 4.69) is 31.0 Å². The highest BCUT2D eigenvalue weighted by Gasteiger charge is 2.30. The minimum absolute atomic E-state index is 0.328. The Morgan fingerprint density at radius 2 is 1.82 bits per heavy atom. The number of hydrogen-bond acceptors (Lipinski definition) is 7. The summed E-state index contributed by atoms with van der Waals surface area (Å²) in [7, 11) is 0. The van der Waals surface area contributed by atoms with Crippen LogP contribution in [0.4, 0.5) is 10.9 Å². The third-order valence-corrected chi connectivity index (χ3v) is 4.73. The lowest BCUT2D eigenvalue weighted by molar-refractivity contribution is -0.106. The number of rotatable bonds is 6. The first-order chi connectivity index (χ1) is 10.8. The van der Waals surface area contributed by atoms with Gasteiger partial charge in [0.15, 0.2) is 5.82 Å². The summed E-state index contributed by atoms with van der Waals surface area (Å²) in [6, 6.07) is 3.65. The van der Waals surface area contributed by atoms with Gasteiger partial charge >= 0.3 is 0 Å². The Labute approximate surface area is 130 Å². The van der Waals surface area contributed by atoms with E-state index in [1.54, 1.807) is 6.07 Å². The van der Waals surface area contributed by atoms with Gasteiger partial charge in [0.05, 0.1) is 5.69 Å². The molecule has 0 aromatic carbocycles. The second kappa shape index (κ2) is 6.56. The average Bonchev–Trinajstić information content (AvgIpc) is 3.18. The SMILES string of the molecule is O=CNc1ccc(C2CC[C@H](c3nnc(NC=O)s3)C2)nn1. The van der Waals surface area contributed by atoms with Gasteiger partial charge in [-0.3, -0.25) is 9.59 Å². The predicted octanol–water partition coefficient (Wildman–Crippen LogP) is 1.52. The van der Waals surface area contributed by atoms with Crippen LogP contribution in [0.2, 0.25) is 0 Å². The van der Waals surface area contributed by atoms with Gasteiger partial charge in [-0.15, -0.1) is 15.3 Å². The van der Waals surface area contributed by atoms with Crippen LogP contribution < -0.4 is 10.6 Å². The van der Waals surface area contributed by atoms with Crippen molar-refractivity contribution in [2.75, 3.05) is 10.6 Å². The first kappa shape index (κ1) is 14.5. The monoisotopic (exact) mass is 318 g/mol. The van der Waals surface area contributed by atoms with Gasteiger partial charge in [0.1, 0.15) is 5.01 Å². The van der Waals surface area contributed by atoms with Crippen molar-refractivity contribution in [2.45, 2.75) is 31.1 Å². The minimum atomic E-state index is 0.328. The van der Waals surface area contributed by atoms with Crippen LogP contribution in [0.5, 0.6) is 0 Å². The normalized spacial score (nSPS) is 20.5. The number of nitrogens with one attached hydrogen (secondary N) is 2. The standard InChI is InChI=1S/C13H14N6O2S/c20-6-14-11-4-3-10(16-17-11)8-1-2-9(5-8)12-18-19-13(22-12)15-7-21/h3-4,6-9H,1-2,5H2,(H,14,17,20)(H,15,19,21)/t8?,9-/m0/s1. The minimum Gasteiger partial charge on any atom is -0.312 e. The summed E-state index contributed by atoms with van der Waals surface area (Å²) < 4.78 is 0. The van der Waals surface area contributed by atoms with Crippen molar-refractivity contribution in [3.05, 3.63) is 22.8 Å². The third kappa shape index (κ3) is 3.08. The summed E-state index contributed by atoms with van der Waals surface area (Å²) in [5.41, 5.74) is 0.926. The number of hydrogen-bond donors (Lipinski definition) is 2. The predicted molar refractivity (Wildman–Crippen MR) is 80.6 cm³/mol. The van der Waals surface area contributed by atoms with Crippen LogP contribution in [0, 0.1) is 0 Å². The Hall–Kier alpha value is -2.42. The molecule has 0 spiro atoms. The molecule has 1 fully saturated rings. The first-order valence-corrected chi connectivity index (χ1v) is 7.69. The van der Waals surface area contributed by atoms with Crippen molar-refractivity contribution in [3.63, 3.8) is 0 Å². The van der Waals surface area contributed by atoms with Crippen LogP contribution in [-0.2, 0) is 9.59 Å². The highest BCUT2D eigenvalue weighted by molar-refractivity contribution is 7.15. The molecule has 1 unspecified atom stereocenters. The molecule has 3 rings (SSSR count). The molecule has 9 heteroatoms. The number of carbonyl (C=O) groups excluding carboxylic acids is 2. The van der Waals surface area contributed by atoms with E-state index >= 15 is 0 Å². The Kier molecular flexibility index (Phi) is 4.33. The van der Waals surface area contributed by atoms with E-state index in [4.69, 9.17) is 0 Å². The van der Waals surface area contributed by atoms with Crippen LogP contribution in [0.3, 0.4) is 0 Å². The molecule has 0 radical (unpaired) electrons. The molecule has 2 N–H and O–H groups in total. The van der Waals surface area contributed by atoms with Gasteiger partial charge in [0, 0.05) is 11.8 Å². The summed E-state index contributed by atoms with van der Waals surface area (Å²) in [6.07, 6.45) is 4.14. The Morgan fingerprint density at radius 3 is 2.55 bits per heavy atom. The summed E-state index contributed by atoms with van der Waals surface area (Å²) >= 11 is 1.41. The van der Waals surface area contributed by atoms with E-state index in [1.165, 1.54) is 11.3 Å². The summed E-state index contributed by atoms with van der Waals surface area (Å²) in [6.45, 7) is 0. The van der Waals surface area contributed by atoms with E-state index in [1.807, 2.05) is 6.07 Å². The van der Waals surface area contributed by atoms with Crippen LogP contribution >= 0.6 is 11.3 Å². The fourth-order valence-electron chi connectivity index (χ4n) is 2.68. The van der Waals surface area contributed by atoms with Gasteiger partial charge in [-0.25, -0.2) is 0 Å². The van der Waals surface area contributed by atoms with Gasteiger partial charge in [0.25, 0.3) is 0 Å². The third-order valence-electron chi connectivity index (χ3n) is 3.72. The van der Waals surface area contributed by atoms with Gasteiger partial charge in [-0.05, 0) is 31.4 Å². The fourth-order valence-corrected chi connectivity index (χ4v) is 3.53. The Bertz CT molecular complexity index is 659. The molecule has 22 heavy (non-hydrogen) atoms. The van der Waals surface area contributed by atoms with Gasteiger partial charge in [0.2, 0.25) is 18.0 Å². The molecule has 2 heterocycles. The van der Waals surface area contributed by atoms with E-state index in [9.17, 15) is 9.59 Å². The van der Waals surface area contributed by atoms with Crippen LogP contribution in [0.25, 0.3) is 0 Å². The van der Waals surface area contributed by atoms with Gasteiger partial charge in [-0.2, -0.15) is 5.10 Å². The zero-order valence-electron chi connectivity index (χ0n) is 11.6. The molecule has 2 atom stereocenters. The summed E-state index contributed by atoms with van der Waals surface area (Å²) in [5.74, 6) is 1.11. The second-order valence-electron chi connectivity index (χ2n) is 5.02.